The molecule has 7 nitrogen and oxygen atoms in total. The normalized spacial score (nSPS) is 18.8. The maximum absolute atomic E-state index is 15.0. The number of aromatic nitrogens is 1. The lowest BCUT2D eigenvalue weighted by Gasteiger charge is -2.31. The maximum Gasteiger partial charge on any atom is 0.290 e. The number of aliphatic hydroxyl groups excluding tert-OH is 1. The van der Waals surface area contributed by atoms with Gasteiger partial charge in [-0.05, 0) is 13.0 Å². The first kappa shape index (κ1) is 24.3. The molecule has 36 heavy (non-hydrogen) atoms. The van der Waals surface area contributed by atoms with E-state index in [4.69, 9.17) is 4.74 Å². The van der Waals surface area contributed by atoms with Gasteiger partial charge in [0.25, 0.3) is 5.91 Å². The Labute approximate surface area is 212 Å². The minimum atomic E-state index is -1.03. The van der Waals surface area contributed by atoms with Crippen LogP contribution in [0.25, 0.3) is 10.6 Å². The van der Waals surface area contributed by atoms with E-state index in [0.29, 0.717) is 35.3 Å². The Hall–Kier alpha value is -3.40. The van der Waals surface area contributed by atoms with E-state index in [2.05, 4.69) is 9.88 Å². The van der Waals surface area contributed by atoms with Gasteiger partial charge < -0.3 is 14.7 Å². The number of aliphatic hydroxyl groups is 1. The summed E-state index contributed by atoms with van der Waals surface area (Å²) in [4.78, 5) is 35.5. The van der Waals surface area contributed by atoms with Crippen LogP contribution in [0.5, 0.6) is 0 Å². The van der Waals surface area contributed by atoms with E-state index in [9.17, 15) is 14.7 Å². The third-order valence-corrected chi connectivity index (χ3v) is 7.74. The molecule has 1 atom stereocenters. The predicted octanol–water partition coefficient (Wildman–Crippen LogP) is 4.17. The smallest absolute Gasteiger partial charge is 0.290 e. The molecule has 1 amide bonds. The second-order valence-electron chi connectivity index (χ2n) is 8.77. The third kappa shape index (κ3) is 4.57. The molecule has 0 spiro atoms. The number of carbonyl (C=O) groups excluding carboxylic acids is 2. The number of rotatable bonds is 7. The summed E-state index contributed by atoms with van der Waals surface area (Å²) in [6.07, 6.45) is 0. The first-order valence-electron chi connectivity index (χ1n) is 11.8. The number of morpholine rings is 1. The monoisotopic (exact) mass is 507 g/mol. The number of halogens is 1. The van der Waals surface area contributed by atoms with Crippen molar-refractivity contribution < 1.29 is 23.8 Å². The fourth-order valence-electron chi connectivity index (χ4n) is 4.64. The molecule has 1 N–H and O–H groups in total. The standard InChI is InChI=1S/C27H26FN3O4S/c1-17-25(36-26(29-17)18-7-3-2-4-8-18)23(32)21-22(19-9-5-6-10-20(19)28)31(27(34)24(21)33)12-11-30-13-15-35-16-14-30/h2-10,22,33H,11-16H2,1H3/t22-/m0/s1. The van der Waals surface area contributed by atoms with Crippen LogP contribution in [0.1, 0.15) is 27.0 Å². The van der Waals surface area contributed by atoms with Gasteiger partial charge in [0.1, 0.15) is 10.8 Å². The lowest BCUT2D eigenvalue weighted by Crippen LogP contribution is -2.43. The molecular formula is C27H26FN3O4S. The van der Waals surface area contributed by atoms with Crippen LogP contribution >= 0.6 is 11.3 Å². The molecule has 2 aromatic carbocycles. The van der Waals surface area contributed by atoms with Gasteiger partial charge in [0.05, 0.1) is 35.4 Å². The summed E-state index contributed by atoms with van der Waals surface area (Å²) in [5.74, 6) is -2.37. The molecule has 0 radical (unpaired) electrons. The highest BCUT2D eigenvalue weighted by molar-refractivity contribution is 7.17. The second-order valence-corrected chi connectivity index (χ2v) is 9.77. The average Bonchev–Trinajstić information content (AvgIpc) is 3.41. The Balaban J connectivity index is 1.51. The SMILES string of the molecule is Cc1nc(-c2ccccc2)sc1C(=O)C1=C(O)C(=O)N(CCN2CCOCC2)[C@H]1c1ccccc1F. The number of nitrogens with zero attached hydrogens (tertiary/aromatic N) is 3. The van der Waals surface area contributed by atoms with Crippen molar-refractivity contribution in [3.8, 4) is 10.6 Å². The summed E-state index contributed by atoms with van der Waals surface area (Å²) >= 11 is 1.20. The van der Waals surface area contributed by atoms with Crippen LogP contribution < -0.4 is 0 Å². The van der Waals surface area contributed by atoms with Crippen molar-refractivity contribution in [2.75, 3.05) is 39.4 Å². The van der Waals surface area contributed by atoms with Crippen LogP contribution in [0.3, 0.4) is 0 Å². The number of ketones is 1. The van der Waals surface area contributed by atoms with E-state index in [-0.39, 0.29) is 17.7 Å². The van der Waals surface area contributed by atoms with Crippen molar-refractivity contribution in [1.82, 2.24) is 14.8 Å². The van der Waals surface area contributed by atoms with Gasteiger partial charge in [0.15, 0.2) is 5.76 Å². The van der Waals surface area contributed by atoms with Gasteiger partial charge in [-0.3, -0.25) is 14.5 Å². The fourth-order valence-corrected chi connectivity index (χ4v) is 5.67. The molecule has 1 fully saturated rings. The van der Waals surface area contributed by atoms with Gasteiger partial charge in [-0.1, -0.05) is 48.5 Å². The molecule has 1 aromatic heterocycles. The van der Waals surface area contributed by atoms with Crippen LogP contribution in [0.15, 0.2) is 65.9 Å². The molecule has 186 valence electrons. The maximum atomic E-state index is 15.0. The molecule has 9 heteroatoms. The first-order chi connectivity index (χ1) is 17.5. The molecule has 3 heterocycles. The average molecular weight is 508 g/mol. The fraction of sp³-hybridized carbons (Fsp3) is 0.296. The van der Waals surface area contributed by atoms with Crippen LogP contribution in [-0.4, -0.2) is 71.0 Å². The molecule has 2 aliphatic heterocycles. The summed E-state index contributed by atoms with van der Waals surface area (Å²) in [6.45, 7) is 5.12. The Morgan fingerprint density at radius 1 is 1.11 bits per heavy atom. The summed E-state index contributed by atoms with van der Waals surface area (Å²) in [5.41, 5.74) is 1.42. The predicted molar refractivity (Wildman–Crippen MR) is 134 cm³/mol. The number of benzene rings is 2. The molecule has 3 aromatic rings. The Morgan fingerprint density at radius 2 is 1.81 bits per heavy atom. The van der Waals surface area contributed by atoms with Crippen LogP contribution in [0, 0.1) is 12.7 Å². The van der Waals surface area contributed by atoms with Crippen molar-refractivity contribution in [3.63, 3.8) is 0 Å². The second kappa shape index (κ2) is 10.3. The summed E-state index contributed by atoms with van der Waals surface area (Å²) < 4.78 is 20.4. The zero-order valence-electron chi connectivity index (χ0n) is 19.8. The highest BCUT2D eigenvalue weighted by Gasteiger charge is 2.45. The number of aryl methyl sites for hydroxylation is 1. The van der Waals surface area contributed by atoms with Crippen molar-refractivity contribution >= 4 is 23.0 Å². The molecular weight excluding hydrogens is 481 g/mol. The highest BCUT2D eigenvalue weighted by atomic mass is 32.1. The van der Waals surface area contributed by atoms with E-state index in [1.165, 1.54) is 22.3 Å². The number of thiazole rings is 1. The number of ether oxygens (including phenoxy) is 1. The van der Waals surface area contributed by atoms with Gasteiger partial charge >= 0.3 is 0 Å². The van der Waals surface area contributed by atoms with Gasteiger partial charge in [-0.2, -0.15) is 0 Å². The van der Waals surface area contributed by atoms with E-state index in [0.717, 1.165) is 18.7 Å². The summed E-state index contributed by atoms with van der Waals surface area (Å²) in [5, 5.41) is 11.6. The van der Waals surface area contributed by atoms with Gasteiger partial charge in [-0.15, -0.1) is 11.3 Å². The molecule has 2 aliphatic rings. The van der Waals surface area contributed by atoms with E-state index in [1.807, 2.05) is 30.3 Å². The van der Waals surface area contributed by atoms with Crippen LogP contribution in [0.4, 0.5) is 4.39 Å². The largest absolute Gasteiger partial charge is 0.503 e. The lowest BCUT2D eigenvalue weighted by molar-refractivity contribution is -0.129. The molecule has 5 rings (SSSR count). The van der Waals surface area contributed by atoms with E-state index >= 15 is 4.39 Å². The third-order valence-electron chi connectivity index (χ3n) is 6.53. The Morgan fingerprint density at radius 3 is 2.53 bits per heavy atom. The number of hydrogen-bond acceptors (Lipinski definition) is 7. The van der Waals surface area contributed by atoms with Gasteiger partial charge in [-0.25, -0.2) is 9.37 Å². The molecule has 0 bridgehead atoms. The van der Waals surface area contributed by atoms with Crippen LogP contribution in [-0.2, 0) is 9.53 Å². The minimum absolute atomic E-state index is 0.113. The van der Waals surface area contributed by atoms with Crippen LogP contribution in [0.2, 0.25) is 0 Å². The van der Waals surface area contributed by atoms with Crippen molar-refractivity contribution in [2.45, 2.75) is 13.0 Å². The molecule has 0 aliphatic carbocycles. The number of Topliss-reactive ketones (excluding diaryl/α,β-unsaturated/α-hetero) is 1. The van der Waals surface area contributed by atoms with Crippen molar-refractivity contribution in [1.29, 1.82) is 0 Å². The van der Waals surface area contributed by atoms with Gasteiger partial charge in [0.2, 0.25) is 5.78 Å². The summed E-state index contributed by atoms with van der Waals surface area (Å²) in [6, 6.07) is 14.5. The summed E-state index contributed by atoms with van der Waals surface area (Å²) in [7, 11) is 0. The molecule has 0 unspecified atom stereocenters. The quantitative estimate of drug-likeness (QED) is 0.484. The van der Waals surface area contributed by atoms with E-state index in [1.54, 1.807) is 25.1 Å². The zero-order valence-corrected chi connectivity index (χ0v) is 20.6. The van der Waals surface area contributed by atoms with Crippen molar-refractivity contribution in [2.24, 2.45) is 0 Å². The number of hydrogen-bond donors (Lipinski definition) is 1. The van der Waals surface area contributed by atoms with Gasteiger partial charge in [0, 0.05) is 37.3 Å². The highest BCUT2D eigenvalue weighted by Crippen LogP contribution is 2.41. The molecule has 0 saturated carbocycles. The first-order valence-corrected chi connectivity index (χ1v) is 12.6. The van der Waals surface area contributed by atoms with Crippen molar-refractivity contribution in [3.05, 3.63) is 87.9 Å². The molecule has 1 saturated heterocycles. The topological polar surface area (TPSA) is 83.0 Å². The zero-order chi connectivity index (χ0) is 25.2. The van der Waals surface area contributed by atoms with E-state index < -0.39 is 29.3 Å². The Kier molecular flexibility index (Phi) is 6.95. The Bertz CT molecular complexity index is 1320. The number of amides is 1. The number of carbonyl (C=O) groups is 2. The minimum Gasteiger partial charge on any atom is -0.503 e. The lowest BCUT2D eigenvalue weighted by atomic mass is 9.94.